The van der Waals surface area contributed by atoms with Gasteiger partial charge < -0.3 is 4.18 Å². The third kappa shape index (κ3) is 3.61. The molecular weight excluding hydrogens is 286 g/mol. The maximum atomic E-state index is 12.2. The molecule has 21 heavy (non-hydrogen) atoms. The zero-order valence-electron chi connectivity index (χ0n) is 11.6. The van der Waals surface area contributed by atoms with Crippen molar-refractivity contribution in [2.45, 2.75) is 24.7 Å². The van der Waals surface area contributed by atoms with Crippen LogP contribution in [0.25, 0.3) is 0 Å². The first-order valence-corrected chi connectivity index (χ1v) is 8.00. The number of hydrogen-bond acceptors (Lipinski definition) is 4. The summed E-state index contributed by atoms with van der Waals surface area (Å²) in [7, 11) is -3.93. The Balaban J connectivity index is 2.28. The second-order valence-electron chi connectivity index (χ2n) is 4.54. The topological polar surface area (TPSA) is 67.2 Å². The molecule has 2 aromatic rings. The monoisotopic (exact) mass is 301 g/mol. The quantitative estimate of drug-likeness (QED) is 0.795. The summed E-state index contributed by atoms with van der Waals surface area (Å²) < 4.78 is 29.5. The van der Waals surface area contributed by atoms with Crippen molar-refractivity contribution in [1.29, 1.82) is 5.26 Å². The summed E-state index contributed by atoms with van der Waals surface area (Å²) in [4.78, 5) is 0.0788. The van der Waals surface area contributed by atoms with Crippen LogP contribution >= 0.6 is 0 Å². The molecule has 0 radical (unpaired) electrons. The van der Waals surface area contributed by atoms with E-state index in [1.54, 1.807) is 24.3 Å². The lowest BCUT2D eigenvalue weighted by Gasteiger charge is -2.08. The Morgan fingerprint density at radius 1 is 1.10 bits per heavy atom. The summed E-state index contributed by atoms with van der Waals surface area (Å²) in [5.41, 5.74) is 1.26. The van der Waals surface area contributed by atoms with Crippen molar-refractivity contribution in [1.82, 2.24) is 0 Å². The van der Waals surface area contributed by atoms with E-state index in [1.165, 1.54) is 24.3 Å². The Bertz CT molecular complexity index is 759. The van der Waals surface area contributed by atoms with Gasteiger partial charge in [-0.2, -0.15) is 13.7 Å². The molecule has 0 saturated carbocycles. The van der Waals surface area contributed by atoms with Crippen LogP contribution in [0.4, 0.5) is 0 Å². The van der Waals surface area contributed by atoms with Crippen LogP contribution in [0.5, 0.6) is 5.75 Å². The molecule has 2 rings (SSSR count). The molecule has 0 spiro atoms. The average molecular weight is 301 g/mol. The molecule has 0 aliphatic rings. The fourth-order valence-electron chi connectivity index (χ4n) is 1.91. The number of nitrogens with zero attached hydrogens (tertiary/aromatic N) is 1. The van der Waals surface area contributed by atoms with Crippen molar-refractivity contribution < 1.29 is 12.6 Å². The van der Waals surface area contributed by atoms with Gasteiger partial charge in [-0.3, -0.25) is 0 Å². The van der Waals surface area contributed by atoms with Crippen LogP contribution in [0.1, 0.15) is 24.5 Å². The van der Waals surface area contributed by atoms with E-state index in [0.29, 0.717) is 0 Å². The van der Waals surface area contributed by atoms with E-state index in [9.17, 15) is 8.42 Å². The van der Waals surface area contributed by atoms with Gasteiger partial charge in [0.25, 0.3) is 0 Å². The number of para-hydroxylation sites is 1. The summed E-state index contributed by atoms with van der Waals surface area (Å²) >= 11 is 0. The normalized spacial score (nSPS) is 10.9. The van der Waals surface area contributed by atoms with E-state index in [2.05, 4.69) is 6.92 Å². The van der Waals surface area contributed by atoms with Crippen LogP contribution in [0.15, 0.2) is 53.4 Å². The van der Waals surface area contributed by atoms with Crippen molar-refractivity contribution >= 4 is 10.1 Å². The maximum absolute atomic E-state index is 12.2. The first kappa shape index (κ1) is 15.1. The molecule has 4 nitrogen and oxygen atoms in total. The molecule has 0 fully saturated rings. The number of nitriles is 1. The summed E-state index contributed by atoms with van der Waals surface area (Å²) in [5, 5.41) is 8.96. The smallest absolute Gasteiger partial charge is 0.339 e. The molecule has 0 unspecified atom stereocenters. The number of rotatable bonds is 5. The summed E-state index contributed by atoms with van der Waals surface area (Å²) in [6.45, 7) is 2.06. The molecule has 0 aliphatic carbocycles. The fraction of sp³-hybridized carbons (Fsp3) is 0.188. The number of aryl methyl sites for hydroxylation is 1. The Hall–Kier alpha value is -2.32. The summed E-state index contributed by atoms with van der Waals surface area (Å²) in [6.07, 6.45) is 1.90. The van der Waals surface area contributed by atoms with Gasteiger partial charge in [0.2, 0.25) is 0 Å². The SMILES string of the molecule is CCCc1ccc(S(=O)(=O)Oc2ccccc2C#N)cc1. The molecule has 0 atom stereocenters. The predicted octanol–water partition coefficient (Wildman–Crippen LogP) is 3.28. The highest BCUT2D eigenvalue weighted by molar-refractivity contribution is 7.87. The van der Waals surface area contributed by atoms with Crippen molar-refractivity contribution in [3.63, 3.8) is 0 Å². The van der Waals surface area contributed by atoms with Gasteiger partial charge in [0.05, 0.1) is 5.56 Å². The van der Waals surface area contributed by atoms with E-state index >= 15 is 0 Å². The van der Waals surface area contributed by atoms with Gasteiger partial charge >= 0.3 is 10.1 Å². The maximum Gasteiger partial charge on any atom is 0.339 e. The van der Waals surface area contributed by atoms with Crippen LogP contribution in [0.2, 0.25) is 0 Å². The first-order valence-electron chi connectivity index (χ1n) is 6.59. The minimum Gasteiger partial charge on any atom is -0.378 e. The largest absolute Gasteiger partial charge is 0.378 e. The lowest BCUT2D eigenvalue weighted by molar-refractivity contribution is 0.485. The molecule has 5 heteroatoms. The van der Waals surface area contributed by atoms with E-state index in [1.807, 2.05) is 6.07 Å². The highest BCUT2D eigenvalue weighted by atomic mass is 32.2. The Kier molecular flexibility index (Phi) is 4.61. The Morgan fingerprint density at radius 3 is 2.38 bits per heavy atom. The van der Waals surface area contributed by atoms with Gasteiger partial charge in [-0.05, 0) is 36.2 Å². The van der Waals surface area contributed by atoms with Crippen molar-refractivity contribution in [3.05, 3.63) is 59.7 Å². The van der Waals surface area contributed by atoms with Crippen LogP contribution < -0.4 is 4.18 Å². The zero-order chi connectivity index (χ0) is 15.3. The van der Waals surface area contributed by atoms with E-state index in [-0.39, 0.29) is 16.2 Å². The molecule has 2 aromatic carbocycles. The van der Waals surface area contributed by atoms with Gasteiger partial charge in [-0.15, -0.1) is 0 Å². The van der Waals surface area contributed by atoms with E-state index in [0.717, 1.165) is 18.4 Å². The molecule has 0 saturated heterocycles. The van der Waals surface area contributed by atoms with Crippen molar-refractivity contribution in [3.8, 4) is 11.8 Å². The van der Waals surface area contributed by atoms with Crippen LogP contribution in [0.3, 0.4) is 0 Å². The van der Waals surface area contributed by atoms with Gasteiger partial charge in [0.1, 0.15) is 11.0 Å². The average Bonchev–Trinajstić information content (AvgIpc) is 2.48. The molecule has 108 valence electrons. The highest BCUT2D eigenvalue weighted by Gasteiger charge is 2.18. The fourth-order valence-corrected chi connectivity index (χ4v) is 2.86. The molecule has 0 aromatic heterocycles. The zero-order valence-corrected chi connectivity index (χ0v) is 12.4. The standard InChI is InChI=1S/C16H15NO3S/c1-2-5-13-8-10-15(11-9-13)21(18,19)20-16-7-4-3-6-14(16)12-17/h3-4,6-11H,2,5H2,1H3. The third-order valence-corrected chi connectivity index (χ3v) is 4.21. The van der Waals surface area contributed by atoms with Gasteiger partial charge in [-0.1, -0.05) is 37.6 Å². The van der Waals surface area contributed by atoms with E-state index < -0.39 is 10.1 Å². The second kappa shape index (κ2) is 6.42. The van der Waals surface area contributed by atoms with E-state index in [4.69, 9.17) is 9.44 Å². The molecule has 0 aliphatic heterocycles. The minimum atomic E-state index is -3.93. The molecule has 0 heterocycles. The summed E-state index contributed by atoms with van der Waals surface area (Å²) in [5.74, 6) is 0.0395. The van der Waals surface area contributed by atoms with Crippen LogP contribution in [-0.2, 0) is 16.5 Å². The van der Waals surface area contributed by atoms with Crippen LogP contribution in [-0.4, -0.2) is 8.42 Å². The lowest BCUT2D eigenvalue weighted by atomic mass is 10.1. The second-order valence-corrected chi connectivity index (χ2v) is 6.09. The van der Waals surface area contributed by atoms with Crippen molar-refractivity contribution in [2.75, 3.05) is 0 Å². The summed E-state index contributed by atoms with van der Waals surface area (Å²) in [6, 6.07) is 14.7. The molecular formula is C16H15NO3S. The number of benzene rings is 2. The van der Waals surface area contributed by atoms with Crippen molar-refractivity contribution in [2.24, 2.45) is 0 Å². The van der Waals surface area contributed by atoms with Gasteiger partial charge in [0.15, 0.2) is 5.75 Å². The Labute approximate surface area is 124 Å². The van der Waals surface area contributed by atoms with Crippen LogP contribution in [0, 0.1) is 11.3 Å². The minimum absolute atomic E-state index is 0.0395. The predicted molar refractivity (Wildman–Crippen MR) is 79.4 cm³/mol. The molecule has 0 bridgehead atoms. The van der Waals surface area contributed by atoms with Gasteiger partial charge in [0, 0.05) is 0 Å². The number of hydrogen-bond donors (Lipinski definition) is 0. The lowest BCUT2D eigenvalue weighted by Crippen LogP contribution is -2.10. The molecule has 0 N–H and O–H groups in total. The Morgan fingerprint density at radius 2 is 1.76 bits per heavy atom. The third-order valence-electron chi connectivity index (χ3n) is 2.96. The molecule has 0 amide bonds. The highest BCUT2D eigenvalue weighted by Crippen LogP contribution is 2.22. The van der Waals surface area contributed by atoms with Gasteiger partial charge in [-0.25, -0.2) is 0 Å². The first-order chi connectivity index (χ1) is 10.1.